The molecule has 0 saturated carbocycles. The zero-order chi connectivity index (χ0) is 36.9. The monoisotopic (exact) mass is 814 g/mol. The van der Waals surface area contributed by atoms with Crippen LogP contribution in [0.1, 0.15) is 50.7 Å². The molecule has 0 N–H and O–H groups in total. The molecule has 0 bridgehead atoms. The van der Waals surface area contributed by atoms with Crippen LogP contribution in [-0.4, -0.2) is 18.8 Å². The van der Waals surface area contributed by atoms with E-state index in [-0.39, 0.29) is 20.4 Å². The fraction of sp³-hybridized carbons (Fsp3) is 0.120. The van der Waals surface area contributed by atoms with Crippen LogP contribution >= 0.6 is 0 Å². The number of pyridine rings is 2. The molecule has 0 atom stereocenters. The molecule has 0 unspecified atom stereocenters. The second-order valence-electron chi connectivity index (χ2n) is 15.2. The molecule has 0 aliphatic rings. The van der Waals surface area contributed by atoms with Crippen molar-refractivity contribution < 1.29 is 25.2 Å². The van der Waals surface area contributed by atoms with Crippen LogP contribution in [0, 0.1) is 12.1 Å². The Balaban J connectivity index is 0.00000384. The second-order valence-corrected chi connectivity index (χ2v) is 15.2. The Bertz CT molecular complexity index is 3350. The topological polar surface area (TPSA) is 43.8 Å². The third kappa shape index (κ3) is 5.10. The van der Waals surface area contributed by atoms with Crippen molar-refractivity contribution in [1.82, 2.24) is 18.8 Å². The van der Waals surface area contributed by atoms with Crippen molar-refractivity contribution in [2.75, 3.05) is 0 Å². The standard InChI is InChI=1S/C50H36N4O.Pd/c1-29(2)34-13-11-14-35(30(3)4)48(34)31-20-23-39-37-25-22-33(28-41(37)50-52-43-16-7-10-19-46(43)54(50)47(39)26-31)55-32-21-24-36-38-12-5-8-17-44(38)53-45-18-9-6-15-42(45)51-49(53)40(36)27-32;/h5-26,29-30H,1-4H3;/q-2;+2. The Morgan fingerprint density at radius 2 is 0.964 bits per heavy atom. The van der Waals surface area contributed by atoms with Gasteiger partial charge >= 0.3 is 20.4 Å². The van der Waals surface area contributed by atoms with Crippen LogP contribution in [0.15, 0.2) is 133 Å². The normalized spacial score (nSPS) is 12.1. The number of hydrogen-bond donors (Lipinski definition) is 0. The number of para-hydroxylation sites is 5. The zero-order valence-electron chi connectivity index (χ0n) is 31.4. The van der Waals surface area contributed by atoms with E-state index in [9.17, 15) is 0 Å². The van der Waals surface area contributed by atoms with E-state index in [1.54, 1.807) is 0 Å². The van der Waals surface area contributed by atoms with Crippen LogP contribution in [0.3, 0.4) is 0 Å². The van der Waals surface area contributed by atoms with Crippen molar-refractivity contribution in [3.63, 3.8) is 0 Å². The van der Waals surface area contributed by atoms with Crippen molar-refractivity contribution in [3.8, 4) is 22.6 Å². The smallest absolute Gasteiger partial charge is 0.497 e. The number of rotatable bonds is 5. The van der Waals surface area contributed by atoms with E-state index >= 15 is 0 Å². The summed E-state index contributed by atoms with van der Waals surface area (Å²) in [4.78, 5) is 10.3. The van der Waals surface area contributed by atoms with Crippen LogP contribution < -0.4 is 4.74 Å². The molecule has 11 aromatic rings. The fourth-order valence-corrected chi connectivity index (χ4v) is 8.74. The van der Waals surface area contributed by atoms with Gasteiger partial charge in [0, 0.05) is 22.5 Å². The maximum Gasteiger partial charge on any atom is 2.00 e. The molecule has 7 aromatic carbocycles. The largest absolute Gasteiger partial charge is 2.00 e. The summed E-state index contributed by atoms with van der Waals surface area (Å²) in [6, 6.07) is 54.4. The summed E-state index contributed by atoms with van der Waals surface area (Å²) in [7, 11) is 0. The van der Waals surface area contributed by atoms with E-state index in [1.165, 1.54) is 22.3 Å². The Kier molecular flexibility index (Phi) is 8.01. The van der Waals surface area contributed by atoms with E-state index in [2.05, 4.69) is 164 Å². The van der Waals surface area contributed by atoms with Gasteiger partial charge in [-0.15, -0.1) is 12.1 Å². The molecule has 56 heavy (non-hydrogen) atoms. The quantitative estimate of drug-likeness (QED) is 0.0987. The molecule has 272 valence electrons. The predicted octanol–water partition coefficient (Wildman–Crippen LogP) is 13.2. The maximum absolute atomic E-state index is 6.63. The van der Waals surface area contributed by atoms with Crippen molar-refractivity contribution in [2.24, 2.45) is 0 Å². The Hall–Kier alpha value is -6.06. The molecule has 0 aliphatic heterocycles. The van der Waals surface area contributed by atoms with Gasteiger partial charge in [0.05, 0.1) is 33.4 Å². The first kappa shape index (κ1) is 34.4. The fourth-order valence-electron chi connectivity index (χ4n) is 8.74. The van der Waals surface area contributed by atoms with Gasteiger partial charge in [0.2, 0.25) is 0 Å². The first-order valence-corrected chi connectivity index (χ1v) is 19.1. The minimum atomic E-state index is 0. The van der Waals surface area contributed by atoms with Gasteiger partial charge in [-0.3, -0.25) is 9.97 Å². The van der Waals surface area contributed by atoms with Gasteiger partial charge in [0.25, 0.3) is 0 Å². The first-order chi connectivity index (χ1) is 26.9. The van der Waals surface area contributed by atoms with Crippen molar-refractivity contribution >= 4 is 76.7 Å². The van der Waals surface area contributed by atoms with Gasteiger partial charge in [0.1, 0.15) is 0 Å². The van der Waals surface area contributed by atoms with Gasteiger partial charge in [-0.25, -0.2) is 0 Å². The van der Waals surface area contributed by atoms with E-state index in [0.717, 1.165) is 76.7 Å². The van der Waals surface area contributed by atoms with Gasteiger partial charge in [0.15, 0.2) is 0 Å². The van der Waals surface area contributed by atoms with Gasteiger partial charge in [-0.05, 0) is 81.3 Å². The SMILES string of the molecule is CC(C)c1cccc(C(C)C)c1-c1ccc2c3ccc(Oc4[c-]c5c(cc4)c4ccccc4n4c6ccccc6nc54)[c-]c3c3nc4ccccc4n3c2c1.[Pd+2]. The van der Waals surface area contributed by atoms with Gasteiger partial charge in [-0.1, -0.05) is 146 Å². The Morgan fingerprint density at radius 3 is 1.54 bits per heavy atom. The predicted molar refractivity (Wildman–Crippen MR) is 227 cm³/mol. The number of nitrogens with zero attached hydrogens (tertiary/aromatic N) is 4. The third-order valence-electron chi connectivity index (χ3n) is 11.3. The van der Waals surface area contributed by atoms with Crippen LogP contribution in [0.2, 0.25) is 0 Å². The van der Waals surface area contributed by atoms with Gasteiger partial charge < -0.3 is 13.5 Å². The molecule has 0 spiro atoms. The minimum Gasteiger partial charge on any atom is -0.497 e. The molecule has 6 heteroatoms. The second kappa shape index (κ2) is 13.0. The van der Waals surface area contributed by atoms with Crippen LogP contribution in [0.25, 0.3) is 87.8 Å². The number of aromatic nitrogens is 4. The molecule has 0 saturated heterocycles. The summed E-state index contributed by atoms with van der Waals surface area (Å²) in [5, 5.41) is 6.28. The summed E-state index contributed by atoms with van der Waals surface area (Å²) >= 11 is 0. The molecule has 4 heterocycles. The summed E-state index contributed by atoms with van der Waals surface area (Å²) in [5.74, 6) is 2.00. The molecular weight excluding hydrogens is 779 g/mol. The molecule has 11 rings (SSSR count). The zero-order valence-corrected chi connectivity index (χ0v) is 32.9. The Morgan fingerprint density at radius 1 is 0.482 bits per heavy atom. The average Bonchev–Trinajstić information content (AvgIpc) is 3.81. The summed E-state index contributed by atoms with van der Waals surface area (Å²) in [6.45, 7) is 9.14. The summed E-state index contributed by atoms with van der Waals surface area (Å²) in [5.41, 5.74) is 13.3. The van der Waals surface area contributed by atoms with E-state index in [0.29, 0.717) is 23.3 Å². The average molecular weight is 815 g/mol. The molecule has 0 aliphatic carbocycles. The summed E-state index contributed by atoms with van der Waals surface area (Å²) in [6.07, 6.45) is 0. The molecule has 4 aromatic heterocycles. The van der Waals surface area contributed by atoms with Gasteiger partial charge in [-0.2, -0.15) is 0 Å². The molecular formula is C50H36N4OPd. The number of fused-ring (bicyclic) bond motifs is 16. The first-order valence-electron chi connectivity index (χ1n) is 19.1. The van der Waals surface area contributed by atoms with E-state index < -0.39 is 0 Å². The van der Waals surface area contributed by atoms with E-state index in [1.807, 2.05) is 18.2 Å². The third-order valence-corrected chi connectivity index (χ3v) is 11.3. The van der Waals surface area contributed by atoms with Crippen molar-refractivity contribution in [1.29, 1.82) is 0 Å². The number of hydrogen-bond acceptors (Lipinski definition) is 3. The summed E-state index contributed by atoms with van der Waals surface area (Å²) < 4.78 is 11.2. The van der Waals surface area contributed by atoms with E-state index in [4.69, 9.17) is 14.7 Å². The molecule has 0 radical (unpaired) electrons. The number of imidazole rings is 2. The number of ether oxygens (including phenoxy) is 1. The van der Waals surface area contributed by atoms with Crippen LogP contribution in [-0.2, 0) is 20.4 Å². The Labute approximate surface area is 337 Å². The number of benzene rings is 7. The molecule has 5 nitrogen and oxygen atoms in total. The molecule has 0 amide bonds. The maximum atomic E-state index is 6.63. The van der Waals surface area contributed by atoms with Crippen LogP contribution in [0.5, 0.6) is 11.5 Å². The van der Waals surface area contributed by atoms with Crippen molar-refractivity contribution in [2.45, 2.75) is 39.5 Å². The molecule has 0 fully saturated rings. The van der Waals surface area contributed by atoms with Crippen molar-refractivity contribution in [3.05, 3.63) is 157 Å². The van der Waals surface area contributed by atoms with Crippen LogP contribution in [0.4, 0.5) is 0 Å². The minimum absolute atomic E-state index is 0.